The minimum absolute atomic E-state index is 0.0102. The minimum Gasteiger partial charge on any atom is -0.467 e. The van der Waals surface area contributed by atoms with Gasteiger partial charge in [-0.2, -0.15) is 15.0 Å². The minimum atomic E-state index is -4.07. The average Bonchev–Trinajstić information content (AvgIpc) is 2.93. The van der Waals surface area contributed by atoms with Crippen molar-refractivity contribution in [1.29, 1.82) is 0 Å². The van der Waals surface area contributed by atoms with Crippen molar-refractivity contribution in [2.45, 2.75) is 23.3 Å². The third-order valence-corrected chi connectivity index (χ3v) is 5.96. The van der Waals surface area contributed by atoms with Crippen molar-refractivity contribution in [1.82, 2.24) is 24.0 Å². The molecule has 0 aliphatic carbocycles. The average molecular weight is 396 g/mol. The van der Waals surface area contributed by atoms with Gasteiger partial charge in [0.05, 0.1) is 7.11 Å². The Morgan fingerprint density at radius 1 is 1.31 bits per heavy atom. The van der Waals surface area contributed by atoms with Crippen molar-refractivity contribution in [3.63, 3.8) is 0 Å². The summed E-state index contributed by atoms with van der Waals surface area (Å²) in [4.78, 5) is 24.4. The van der Waals surface area contributed by atoms with Gasteiger partial charge < -0.3 is 4.74 Å². The molecule has 3 rings (SSSR count). The highest BCUT2D eigenvalue weighted by Gasteiger charge is 2.28. The number of hydrogen-bond donors (Lipinski definition) is 2. The number of fused-ring (bicyclic) bond motifs is 1. The van der Waals surface area contributed by atoms with Gasteiger partial charge in [-0.05, 0) is 37.5 Å². The Morgan fingerprint density at radius 2 is 2.08 bits per heavy atom. The standard InChI is InChI=1S/C14H16N6O4S2/c1-8-15-12(18-14(16-8)24-3)17-13(21)19-26(22,23)10-6-4-5-9-7-20(2)25-11(9)10/h4-6H,7H2,1-3H3,(H2,15,16,17,18,19,21). The number of anilines is 1. The lowest BCUT2D eigenvalue weighted by atomic mass is 10.2. The summed E-state index contributed by atoms with van der Waals surface area (Å²) in [5.74, 6) is 0.199. The number of aromatic nitrogens is 3. The number of hydrogen-bond acceptors (Lipinski definition) is 9. The second kappa shape index (κ2) is 7.05. The highest BCUT2D eigenvalue weighted by Crippen LogP contribution is 2.38. The molecule has 1 aromatic heterocycles. The molecule has 0 bridgehead atoms. The van der Waals surface area contributed by atoms with Crippen LogP contribution < -0.4 is 14.8 Å². The molecular formula is C14H16N6O4S2. The summed E-state index contributed by atoms with van der Waals surface area (Å²) in [6.45, 7) is 2.21. The van der Waals surface area contributed by atoms with E-state index in [4.69, 9.17) is 4.74 Å². The van der Waals surface area contributed by atoms with E-state index in [1.165, 1.54) is 25.1 Å². The maximum atomic E-state index is 12.6. The zero-order chi connectivity index (χ0) is 18.9. The smallest absolute Gasteiger partial charge is 0.335 e. The van der Waals surface area contributed by atoms with Gasteiger partial charge in [0.1, 0.15) is 10.7 Å². The van der Waals surface area contributed by atoms with Crippen LogP contribution in [-0.4, -0.2) is 47.9 Å². The molecule has 26 heavy (non-hydrogen) atoms. The van der Waals surface area contributed by atoms with Crippen LogP contribution in [0.3, 0.4) is 0 Å². The molecule has 0 saturated carbocycles. The van der Waals surface area contributed by atoms with E-state index in [1.807, 2.05) is 22.1 Å². The molecule has 0 spiro atoms. The van der Waals surface area contributed by atoms with Crippen LogP contribution in [0.25, 0.3) is 0 Å². The Balaban J connectivity index is 1.80. The van der Waals surface area contributed by atoms with Gasteiger partial charge in [0, 0.05) is 11.4 Å². The molecule has 0 saturated heterocycles. The second-order valence-electron chi connectivity index (χ2n) is 5.37. The number of benzene rings is 1. The lowest BCUT2D eigenvalue weighted by Gasteiger charge is -2.11. The van der Waals surface area contributed by atoms with Crippen LogP contribution in [-0.2, 0) is 16.6 Å². The van der Waals surface area contributed by atoms with E-state index in [0.717, 1.165) is 5.56 Å². The molecule has 12 heteroatoms. The maximum Gasteiger partial charge on any atom is 0.335 e. The number of nitrogens with one attached hydrogen (secondary N) is 2. The van der Waals surface area contributed by atoms with Gasteiger partial charge in [-0.3, -0.25) is 5.32 Å². The lowest BCUT2D eigenvalue weighted by molar-refractivity contribution is 0.256. The number of amides is 2. The quantitative estimate of drug-likeness (QED) is 0.732. The van der Waals surface area contributed by atoms with Gasteiger partial charge in [0.2, 0.25) is 5.95 Å². The van der Waals surface area contributed by atoms with Crippen LogP contribution in [0.15, 0.2) is 28.0 Å². The van der Waals surface area contributed by atoms with Crippen LogP contribution in [0.2, 0.25) is 0 Å². The Labute approximate surface area is 154 Å². The van der Waals surface area contributed by atoms with Crippen LogP contribution in [0.4, 0.5) is 10.7 Å². The third kappa shape index (κ3) is 3.86. The zero-order valence-electron chi connectivity index (χ0n) is 14.2. The predicted molar refractivity (Wildman–Crippen MR) is 94.2 cm³/mol. The van der Waals surface area contributed by atoms with Crippen molar-refractivity contribution >= 4 is 34.0 Å². The highest BCUT2D eigenvalue weighted by atomic mass is 32.2. The van der Waals surface area contributed by atoms with E-state index in [0.29, 0.717) is 17.3 Å². The normalized spacial score (nSPS) is 14.0. The SMILES string of the molecule is COc1nc(C)nc(NC(=O)NS(=O)(=O)c2cccc3c2SN(C)C3)n1. The molecule has 2 heterocycles. The Bertz CT molecular complexity index is 966. The number of rotatable bonds is 4. The molecule has 0 atom stereocenters. The van der Waals surface area contributed by atoms with E-state index in [2.05, 4.69) is 20.3 Å². The van der Waals surface area contributed by atoms with Crippen molar-refractivity contribution in [2.75, 3.05) is 19.5 Å². The first-order valence-electron chi connectivity index (χ1n) is 7.40. The van der Waals surface area contributed by atoms with E-state index < -0.39 is 16.1 Å². The van der Waals surface area contributed by atoms with Gasteiger partial charge in [0.15, 0.2) is 0 Å². The van der Waals surface area contributed by atoms with Gasteiger partial charge >= 0.3 is 12.0 Å². The Kier molecular flexibility index (Phi) is 4.98. The summed E-state index contributed by atoms with van der Waals surface area (Å²) in [6.07, 6.45) is 0. The number of aryl methyl sites for hydroxylation is 1. The summed E-state index contributed by atoms with van der Waals surface area (Å²) >= 11 is 1.32. The first-order valence-corrected chi connectivity index (χ1v) is 9.65. The first-order chi connectivity index (χ1) is 12.3. The molecular weight excluding hydrogens is 380 g/mol. The number of sulfonamides is 1. The fourth-order valence-corrected chi connectivity index (χ4v) is 4.74. The molecule has 2 N–H and O–H groups in total. The molecule has 138 valence electrons. The van der Waals surface area contributed by atoms with Crippen LogP contribution in [0.5, 0.6) is 6.01 Å². The second-order valence-corrected chi connectivity index (χ2v) is 8.24. The molecule has 2 amide bonds. The number of urea groups is 1. The fourth-order valence-electron chi connectivity index (χ4n) is 2.34. The van der Waals surface area contributed by atoms with Gasteiger partial charge in [-0.25, -0.2) is 22.2 Å². The number of carbonyl (C=O) groups excluding carboxylic acids is 1. The lowest BCUT2D eigenvalue weighted by Crippen LogP contribution is -2.35. The van der Waals surface area contributed by atoms with Crippen molar-refractivity contribution < 1.29 is 17.9 Å². The Hall–Kier alpha value is -2.44. The maximum absolute atomic E-state index is 12.6. The summed E-state index contributed by atoms with van der Waals surface area (Å²) < 4.78 is 34.0. The number of carbonyl (C=O) groups is 1. The first kappa shape index (κ1) is 18.4. The summed E-state index contributed by atoms with van der Waals surface area (Å²) in [7, 11) is -0.838. The number of nitrogens with zero attached hydrogens (tertiary/aromatic N) is 4. The molecule has 1 aliphatic heterocycles. The van der Waals surface area contributed by atoms with Gasteiger partial charge in [-0.15, -0.1) is 0 Å². The van der Waals surface area contributed by atoms with E-state index in [9.17, 15) is 13.2 Å². The number of methoxy groups -OCH3 is 1. The van der Waals surface area contributed by atoms with Crippen LogP contribution in [0.1, 0.15) is 11.4 Å². The molecule has 0 radical (unpaired) electrons. The monoisotopic (exact) mass is 396 g/mol. The molecule has 2 aromatic rings. The number of ether oxygens (including phenoxy) is 1. The summed E-state index contributed by atoms with van der Waals surface area (Å²) in [5, 5.41) is 2.27. The zero-order valence-corrected chi connectivity index (χ0v) is 15.8. The summed E-state index contributed by atoms with van der Waals surface area (Å²) in [6, 6.07) is 3.98. The van der Waals surface area contributed by atoms with Crippen LogP contribution in [0, 0.1) is 6.92 Å². The van der Waals surface area contributed by atoms with Crippen molar-refractivity contribution in [3.05, 3.63) is 29.6 Å². The van der Waals surface area contributed by atoms with Gasteiger partial charge in [0.25, 0.3) is 10.0 Å². The third-order valence-electron chi connectivity index (χ3n) is 3.35. The predicted octanol–water partition coefficient (Wildman–Crippen LogP) is 1.15. The summed E-state index contributed by atoms with van der Waals surface area (Å²) in [5.41, 5.74) is 0.888. The fraction of sp³-hybridized carbons (Fsp3) is 0.286. The molecule has 0 unspecified atom stereocenters. The van der Waals surface area contributed by atoms with E-state index >= 15 is 0 Å². The Morgan fingerprint density at radius 3 is 2.81 bits per heavy atom. The largest absolute Gasteiger partial charge is 0.467 e. The molecule has 0 fully saturated rings. The highest BCUT2D eigenvalue weighted by molar-refractivity contribution is 7.98. The molecule has 1 aromatic carbocycles. The van der Waals surface area contributed by atoms with Crippen molar-refractivity contribution in [3.8, 4) is 6.01 Å². The van der Waals surface area contributed by atoms with Gasteiger partial charge in [-0.1, -0.05) is 12.1 Å². The molecule has 1 aliphatic rings. The van der Waals surface area contributed by atoms with E-state index in [1.54, 1.807) is 13.0 Å². The van der Waals surface area contributed by atoms with E-state index in [-0.39, 0.29) is 16.9 Å². The van der Waals surface area contributed by atoms with Crippen LogP contribution >= 0.6 is 11.9 Å². The van der Waals surface area contributed by atoms with Crippen molar-refractivity contribution in [2.24, 2.45) is 0 Å². The molecule has 10 nitrogen and oxygen atoms in total. The topological polar surface area (TPSA) is 126 Å².